The van der Waals surface area contributed by atoms with Crippen molar-refractivity contribution in [3.8, 4) is 5.69 Å². The molecule has 2 N–H and O–H groups in total. The number of aryl methyl sites for hydroxylation is 1. The van der Waals surface area contributed by atoms with Gasteiger partial charge >= 0.3 is 6.18 Å². The molecule has 0 aliphatic rings. The second-order valence-electron chi connectivity index (χ2n) is 6.43. The van der Waals surface area contributed by atoms with Gasteiger partial charge in [0.15, 0.2) is 5.69 Å². The molecular weight excluding hydrogens is 438 g/mol. The molecule has 9 nitrogen and oxygen atoms in total. The Morgan fingerprint density at radius 1 is 1.16 bits per heavy atom. The normalized spacial score (nSPS) is 11.2. The number of aromatic nitrogens is 2. The van der Waals surface area contributed by atoms with Gasteiger partial charge in [-0.3, -0.25) is 30.6 Å². The van der Waals surface area contributed by atoms with Crippen LogP contribution in [0.3, 0.4) is 0 Å². The lowest BCUT2D eigenvalue weighted by Gasteiger charge is -2.13. The van der Waals surface area contributed by atoms with Gasteiger partial charge in [-0.05, 0) is 31.2 Å². The van der Waals surface area contributed by atoms with Crippen molar-refractivity contribution >= 4 is 17.3 Å². The highest BCUT2D eigenvalue weighted by atomic mass is 19.4. The number of hydrogen-bond acceptors (Lipinski definition) is 6. The number of halogens is 4. The quantitative estimate of drug-likeness (QED) is 0.349. The Labute approximate surface area is 176 Å². The maximum absolute atomic E-state index is 14.1. The minimum absolute atomic E-state index is 0.0367. The van der Waals surface area contributed by atoms with Crippen LogP contribution in [0.1, 0.15) is 21.7 Å². The van der Waals surface area contributed by atoms with Gasteiger partial charge in [-0.1, -0.05) is 12.1 Å². The number of anilines is 1. The van der Waals surface area contributed by atoms with E-state index in [0.717, 1.165) is 22.9 Å². The molecule has 0 saturated carbocycles. The zero-order valence-corrected chi connectivity index (χ0v) is 16.1. The third-order valence-corrected chi connectivity index (χ3v) is 4.24. The molecule has 1 amide bonds. The van der Waals surface area contributed by atoms with Crippen LogP contribution in [0.25, 0.3) is 5.69 Å². The first-order chi connectivity index (χ1) is 15.0. The van der Waals surface area contributed by atoms with Gasteiger partial charge in [-0.15, -0.1) is 0 Å². The first-order valence-electron chi connectivity index (χ1n) is 8.77. The predicted molar refractivity (Wildman–Crippen MR) is 104 cm³/mol. The van der Waals surface area contributed by atoms with E-state index < -0.39 is 50.9 Å². The Balaban J connectivity index is 1.90. The van der Waals surface area contributed by atoms with Crippen molar-refractivity contribution < 1.29 is 27.3 Å². The van der Waals surface area contributed by atoms with Crippen LogP contribution >= 0.6 is 0 Å². The van der Waals surface area contributed by atoms with E-state index in [9.17, 15) is 37.3 Å². The number of hydrazine groups is 1. The van der Waals surface area contributed by atoms with Gasteiger partial charge in [-0.2, -0.15) is 18.3 Å². The Kier molecular flexibility index (Phi) is 5.91. The molecule has 0 saturated heterocycles. The number of nitrogens with one attached hydrogen (secondary N) is 2. The number of rotatable bonds is 5. The van der Waals surface area contributed by atoms with Crippen molar-refractivity contribution in [1.29, 1.82) is 0 Å². The van der Waals surface area contributed by atoms with E-state index in [-0.39, 0.29) is 11.4 Å². The summed E-state index contributed by atoms with van der Waals surface area (Å²) in [6.07, 6.45) is -4.81. The molecule has 1 aromatic heterocycles. The Morgan fingerprint density at radius 3 is 2.47 bits per heavy atom. The van der Waals surface area contributed by atoms with Crippen LogP contribution in [-0.2, 0) is 6.18 Å². The molecule has 0 fully saturated rings. The molecule has 0 spiro atoms. The molecule has 0 aliphatic heterocycles. The fraction of sp³-hybridized carbons (Fsp3) is 0.105. The van der Waals surface area contributed by atoms with Gasteiger partial charge in [0.05, 0.1) is 10.5 Å². The van der Waals surface area contributed by atoms with Crippen molar-refractivity contribution in [1.82, 2.24) is 15.2 Å². The first-order valence-corrected chi connectivity index (χ1v) is 8.77. The van der Waals surface area contributed by atoms with Crippen molar-refractivity contribution in [2.75, 3.05) is 5.43 Å². The van der Waals surface area contributed by atoms with Gasteiger partial charge in [0.2, 0.25) is 5.43 Å². The van der Waals surface area contributed by atoms with Crippen LogP contribution < -0.4 is 16.3 Å². The number of carbonyl (C=O) groups is 1. The maximum Gasteiger partial charge on any atom is 0.416 e. The average molecular weight is 451 g/mol. The summed E-state index contributed by atoms with van der Waals surface area (Å²) >= 11 is 0. The Morgan fingerprint density at radius 2 is 1.84 bits per heavy atom. The number of nitrogens with zero attached hydrogens (tertiary/aromatic N) is 3. The summed E-state index contributed by atoms with van der Waals surface area (Å²) < 4.78 is 53.5. The van der Waals surface area contributed by atoms with Gasteiger partial charge in [-0.25, -0.2) is 9.07 Å². The summed E-state index contributed by atoms with van der Waals surface area (Å²) in [5.74, 6) is -1.81. The van der Waals surface area contributed by atoms with E-state index in [2.05, 4.69) is 10.5 Å². The molecule has 1 heterocycles. The number of nitro benzene ring substituents is 1. The summed E-state index contributed by atoms with van der Waals surface area (Å²) in [5, 5.41) is 15.0. The van der Waals surface area contributed by atoms with E-state index in [1.54, 1.807) is 0 Å². The molecule has 0 aliphatic carbocycles. The number of para-hydroxylation sites is 1. The monoisotopic (exact) mass is 451 g/mol. The smallest absolute Gasteiger partial charge is 0.292 e. The molecule has 32 heavy (non-hydrogen) atoms. The topological polar surface area (TPSA) is 119 Å². The number of carbonyl (C=O) groups excluding carboxylic acids is 1. The molecule has 0 atom stereocenters. The molecule has 3 rings (SSSR count). The highest BCUT2D eigenvalue weighted by molar-refractivity contribution is 5.93. The number of amides is 1. The lowest BCUT2D eigenvalue weighted by molar-refractivity contribution is -0.384. The highest BCUT2D eigenvalue weighted by Gasteiger charge is 2.33. The Hall–Kier alpha value is -4.29. The zero-order valence-electron chi connectivity index (χ0n) is 16.1. The molecular formula is C19H13F4N5O4. The molecule has 13 heteroatoms. The second kappa shape index (κ2) is 8.45. The van der Waals surface area contributed by atoms with Gasteiger partial charge < -0.3 is 0 Å². The van der Waals surface area contributed by atoms with E-state index in [4.69, 9.17) is 0 Å². The van der Waals surface area contributed by atoms with Gasteiger partial charge in [0.25, 0.3) is 11.6 Å². The summed E-state index contributed by atoms with van der Waals surface area (Å²) in [4.78, 5) is 34.7. The number of nitro groups is 1. The minimum atomic E-state index is -4.81. The number of benzene rings is 2. The maximum atomic E-state index is 14.1. The van der Waals surface area contributed by atoms with Crippen LogP contribution in [0.2, 0.25) is 0 Å². The molecule has 3 aromatic rings. The lowest BCUT2D eigenvalue weighted by Crippen LogP contribution is -2.35. The minimum Gasteiger partial charge on any atom is -0.292 e. The van der Waals surface area contributed by atoms with Crippen LogP contribution in [0, 0.1) is 22.9 Å². The third-order valence-electron chi connectivity index (χ3n) is 4.24. The molecule has 166 valence electrons. The standard InChI is InChI=1S/C19H13F4N5O4/c1-10-8-16(29)17(26-27(10)14-5-3-2-4-12(14)20)18(30)25-24-13-7-6-11(19(21,22)23)9-15(13)28(31)32/h2-9,24H,1H3,(H,25,30). The van der Waals surface area contributed by atoms with Crippen LogP contribution in [0.5, 0.6) is 0 Å². The van der Waals surface area contributed by atoms with Crippen LogP contribution in [-0.4, -0.2) is 20.6 Å². The lowest BCUT2D eigenvalue weighted by atomic mass is 10.1. The average Bonchev–Trinajstić information content (AvgIpc) is 2.72. The fourth-order valence-corrected chi connectivity index (χ4v) is 2.72. The second-order valence-corrected chi connectivity index (χ2v) is 6.43. The summed E-state index contributed by atoms with van der Waals surface area (Å²) in [6, 6.07) is 8.13. The van der Waals surface area contributed by atoms with E-state index in [0.29, 0.717) is 12.1 Å². The molecule has 0 unspecified atom stereocenters. The summed E-state index contributed by atoms with van der Waals surface area (Å²) in [6.45, 7) is 1.46. The van der Waals surface area contributed by atoms with E-state index in [1.807, 2.05) is 5.43 Å². The van der Waals surface area contributed by atoms with E-state index >= 15 is 0 Å². The van der Waals surface area contributed by atoms with Crippen molar-refractivity contribution in [2.45, 2.75) is 13.1 Å². The van der Waals surface area contributed by atoms with Crippen molar-refractivity contribution in [3.05, 3.63) is 91.6 Å². The molecule has 2 aromatic carbocycles. The van der Waals surface area contributed by atoms with Gasteiger partial charge in [0.1, 0.15) is 17.2 Å². The number of hydrogen-bond donors (Lipinski definition) is 2. The Bertz CT molecular complexity index is 1270. The predicted octanol–water partition coefficient (Wildman–Crippen LogP) is 3.36. The van der Waals surface area contributed by atoms with Crippen LogP contribution in [0.4, 0.5) is 28.9 Å². The SMILES string of the molecule is Cc1cc(=O)c(C(=O)NNc2ccc(C(F)(F)F)cc2[N+](=O)[O-])nn1-c1ccccc1F. The molecule has 0 radical (unpaired) electrons. The zero-order chi connectivity index (χ0) is 23.6. The number of alkyl halides is 3. The fourth-order valence-electron chi connectivity index (χ4n) is 2.72. The van der Waals surface area contributed by atoms with Crippen LogP contribution in [0.15, 0.2) is 53.3 Å². The summed E-state index contributed by atoms with van der Waals surface area (Å²) in [7, 11) is 0. The first kappa shape index (κ1) is 22.4. The van der Waals surface area contributed by atoms with E-state index in [1.165, 1.54) is 25.1 Å². The van der Waals surface area contributed by atoms with Crippen molar-refractivity contribution in [2.24, 2.45) is 0 Å². The molecule has 0 bridgehead atoms. The summed E-state index contributed by atoms with van der Waals surface area (Å²) in [5.41, 5.74) is 0.104. The van der Waals surface area contributed by atoms with Crippen molar-refractivity contribution in [3.63, 3.8) is 0 Å². The third kappa shape index (κ3) is 4.55. The largest absolute Gasteiger partial charge is 0.416 e. The van der Waals surface area contributed by atoms with Gasteiger partial charge in [0, 0.05) is 17.8 Å². The highest BCUT2D eigenvalue weighted by Crippen LogP contribution is 2.34.